The smallest absolute Gasteiger partial charge is 0.245 e. The Morgan fingerprint density at radius 2 is 1.69 bits per heavy atom. The quantitative estimate of drug-likeness (QED) is 0.673. The Bertz CT molecular complexity index is 941. The van der Waals surface area contributed by atoms with Gasteiger partial charge in [0.2, 0.25) is 11.8 Å². The van der Waals surface area contributed by atoms with Crippen LogP contribution in [0.25, 0.3) is 0 Å². The molecule has 2 aromatic rings. The highest BCUT2D eigenvalue weighted by Crippen LogP contribution is 2.29. The molecule has 2 aromatic carbocycles. The van der Waals surface area contributed by atoms with E-state index in [-0.39, 0.29) is 31.6 Å². The SMILES string of the molecule is C.CC(C)[C@@H](NC(=O)Cc1ccc(C#N)cc1)C(=O)N1CCC(c2ccc(Cl)cc2)CC1. The zero-order valence-corrected chi connectivity index (χ0v) is 18.7. The average Bonchev–Trinajstić information content (AvgIpc) is 2.78. The molecule has 1 N–H and O–H groups in total. The number of piperidine rings is 1. The number of hydrogen-bond donors (Lipinski definition) is 1. The summed E-state index contributed by atoms with van der Waals surface area (Å²) in [5.74, 6) is 0.210. The first-order chi connectivity index (χ1) is 14.9. The van der Waals surface area contributed by atoms with Gasteiger partial charge < -0.3 is 10.2 Å². The van der Waals surface area contributed by atoms with E-state index in [1.807, 2.05) is 30.9 Å². The number of amides is 2. The van der Waals surface area contributed by atoms with Crippen molar-refractivity contribution in [2.45, 2.75) is 52.5 Å². The van der Waals surface area contributed by atoms with E-state index in [9.17, 15) is 9.59 Å². The lowest BCUT2D eigenvalue weighted by molar-refractivity contribution is -0.138. The first-order valence-corrected chi connectivity index (χ1v) is 11.1. The van der Waals surface area contributed by atoms with E-state index in [2.05, 4.69) is 23.5 Å². The molecule has 1 fully saturated rings. The molecule has 0 radical (unpaired) electrons. The normalized spacial score (nSPS) is 14.9. The molecule has 0 unspecified atom stereocenters. The minimum absolute atomic E-state index is 0. The molecule has 1 atom stereocenters. The van der Waals surface area contributed by atoms with Crippen molar-refractivity contribution < 1.29 is 9.59 Å². The fourth-order valence-corrected chi connectivity index (χ4v) is 4.11. The van der Waals surface area contributed by atoms with E-state index in [0.29, 0.717) is 24.6 Å². The third-order valence-corrected chi connectivity index (χ3v) is 6.10. The fourth-order valence-electron chi connectivity index (χ4n) is 3.99. The lowest BCUT2D eigenvalue weighted by Crippen LogP contribution is -2.53. The molecule has 0 bridgehead atoms. The van der Waals surface area contributed by atoms with Crippen LogP contribution >= 0.6 is 11.6 Å². The van der Waals surface area contributed by atoms with Gasteiger partial charge in [-0.15, -0.1) is 0 Å². The number of benzene rings is 2. The minimum atomic E-state index is -0.544. The van der Waals surface area contributed by atoms with Crippen LogP contribution in [0.5, 0.6) is 0 Å². The average molecular weight is 454 g/mol. The molecule has 6 heteroatoms. The van der Waals surface area contributed by atoms with Crippen LogP contribution in [0.2, 0.25) is 5.02 Å². The van der Waals surface area contributed by atoms with Crippen LogP contribution in [0, 0.1) is 17.2 Å². The van der Waals surface area contributed by atoms with Crippen LogP contribution < -0.4 is 5.32 Å². The zero-order valence-electron chi connectivity index (χ0n) is 18.0. The molecular formula is C26H32ClN3O2. The summed E-state index contributed by atoms with van der Waals surface area (Å²) in [6.07, 6.45) is 1.98. The highest BCUT2D eigenvalue weighted by Gasteiger charge is 2.31. The Kier molecular flexibility index (Phi) is 9.28. The number of carbonyl (C=O) groups excluding carboxylic acids is 2. The van der Waals surface area contributed by atoms with Gasteiger partial charge in [0.1, 0.15) is 6.04 Å². The standard InChI is InChI=1S/C25H28ClN3O2.CH4/c1-17(2)24(28-23(30)15-18-3-5-19(16-27)6-4-18)25(31)29-13-11-21(12-14-29)20-7-9-22(26)10-8-20;/h3-10,17,21,24H,11-15H2,1-2H3,(H,28,30);1H4/t24-;/m1./s1. The van der Waals surface area contributed by atoms with E-state index in [4.69, 9.17) is 16.9 Å². The minimum Gasteiger partial charge on any atom is -0.344 e. The molecule has 5 nitrogen and oxygen atoms in total. The predicted octanol–water partition coefficient (Wildman–Crippen LogP) is 4.94. The molecule has 0 aromatic heterocycles. The van der Waals surface area contributed by atoms with Gasteiger partial charge in [-0.1, -0.05) is 57.1 Å². The maximum atomic E-state index is 13.2. The number of rotatable bonds is 6. The Hall–Kier alpha value is -2.84. The Morgan fingerprint density at radius 3 is 2.22 bits per heavy atom. The lowest BCUT2D eigenvalue weighted by Gasteiger charge is -2.35. The molecule has 1 saturated heterocycles. The number of hydrogen-bond acceptors (Lipinski definition) is 3. The summed E-state index contributed by atoms with van der Waals surface area (Å²) in [5.41, 5.74) is 2.63. The van der Waals surface area contributed by atoms with Crippen LogP contribution in [-0.2, 0) is 16.0 Å². The number of nitrogens with zero attached hydrogens (tertiary/aromatic N) is 2. The van der Waals surface area contributed by atoms with Crippen molar-refractivity contribution in [1.29, 1.82) is 5.26 Å². The van der Waals surface area contributed by atoms with Crippen LogP contribution in [0.4, 0.5) is 0 Å². The Labute approximate surface area is 196 Å². The van der Waals surface area contributed by atoms with Gasteiger partial charge in [-0.25, -0.2) is 0 Å². The second-order valence-corrected chi connectivity index (χ2v) is 8.86. The molecule has 1 aliphatic heterocycles. The topological polar surface area (TPSA) is 73.2 Å². The third kappa shape index (κ3) is 6.58. The maximum absolute atomic E-state index is 13.2. The number of nitrogens with one attached hydrogen (secondary N) is 1. The van der Waals surface area contributed by atoms with Crippen LogP contribution in [0.15, 0.2) is 48.5 Å². The molecule has 170 valence electrons. The van der Waals surface area contributed by atoms with Crippen molar-refractivity contribution >= 4 is 23.4 Å². The van der Waals surface area contributed by atoms with Crippen LogP contribution in [-0.4, -0.2) is 35.8 Å². The van der Waals surface area contributed by atoms with Crippen molar-refractivity contribution in [3.05, 3.63) is 70.2 Å². The highest BCUT2D eigenvalue weighted by molar-refractivity contribution is 6.30. The van der Waals surface area contributed by atoms with Gasteiger partial charge in [-0.05, 0) is 60.1 Å². The van der Waals surface area contributed by atoms with Crippen molar-refractivity contribution in [3.8, 4) is 6.07 Å². The van der Waals surface area contributed by atoms with E-state index in [0.717, 1.165) is 23.4 Å². The summed E-state index contributed by atoms with van der Waals surface area (Å²) < 4.78 is 0. The maximum Gasteiger partial charge on any atom is 0.245 e. The largest absolute Gasteiger partial charge is 0.344 e. The van der Waals surface area contributed by atoms with Gasteiger partial charge in [0.25, 0.3) is 0 Å². The molecule has 2 amide bonds. The van der Waals surface area contributed by atoms with E-state index >= 15 is 0 Å². The fraction of sp³-hybridized carbons (Fsp3) is 0.423. The molecular weight excluding hydrogens is 422 g/mol. The zero-order chi connectivity index (χ0) is 22.4. The van der Waals surface area contributed by atoms with Gasteiger partial charge in [-0.2, -0.15) is 5.26 Å². The Morgan fingerprint density at radius 1 is 1.09 bits per heavy atom. The number of nitriles is 1. The third-order valence-electron chi connectivity index (χ3n) is 5.84. The first kappa shape index (κ1) is 25.4. The summed E-state index contributed by atoms with van der Waals surface area (Å²) in [5, 5.41) is 12.6. The van der Waals surface area contributed by atoms with Crippen molar-refractivity contribution in [3.63, 3.8) is 0 Å². The van der Waals surface area contributed by atoms with Gasteiger partial charge >= 0.3 is 0 Å². The molecule has 1 aliphatic rings. The predicted molar refractivity (Wildman–Crippen MR) is 128 cm³/mol. The molecule has 0 spiro atoms. The highest BCUT2D eigenvalue weighted by atomic mass is 35.5. The molecule has 1 heterocycles. The van der Waals surface area contributed by atoms with Gasteiger partial charge in [-0.3, -0.25) is 9.59 Å². The number of likely N-dealkylation sites (tertiary alicyclic amines) is 1. The molecule has 32 heavy (non-hydrogen) atoms. The van der Waals surface area contributed by atoms with Gasteiger partial charge in [0, 0.05) is 18.1 Å². The molecule has 0 saturated carbocycles. The summed E-state index contributed by atoms with van der Waals surface area (Å²) in [7, 11) is 0. The van der Waals surface area contributed by atoms with E-state index in [1.54, 1.807) is 24.3 Å². The summed E-state index contributed by atoms with van der Waals surface area (Å²) in [6.45, 7) is 5.26. The second-order valence-electron chi connectivity index (χ2n) is 8.43. The van der Waals surface area contributed by atoms with Gasteiger partial charge in [0.05, 0.1) is 18.1 Å². The van der Waals surface area contributed by atoms with Crippen molar-refractivity contribution in [2.24, 2.45) is 5.92 Å². The second kappa shape index (κ2) is 11.7. The first-order valence-electron chi connectivity index (χ1n) is 10.7. The van der Waals surface area contributed by atoms with Crippen molar-refractivity contribution in [2.75, 3.05) is 13.1 Å². The monoisotopic (exact) mass is 453 g/mol. The van der Waals surface area contributed by atoms with E-state index < -0.39 is 6.04 Å². The summed E-state index contributed by atoms with van der Waals surface area (Å²) in [6, 6.07) is 16.4. The van der Waals surface area contributed by atoms with Crippen molar-refractivity contribution in [1.82, 2.24) is 10.2 Å². The van der Waals surface area contributed by atoms with Crippen LogP contribution in [0.1, 0.15) is 56.7 Å². The summed E-state index contributed by atoms with van der Waals surface area (Å²) in [4.78, 5) is 27.6. The van der Waals surface area contributed by atoms with Gasteiger partial charge in [0.15, 0.2) is 0 Å². The van der Waals surface area contributed by atoms with E-state index in [1.165, 1.54) is 5.56 Å². The molecule has 0 aliphatic carbocycles. The van der Waals surface area contributed by atoms with Crippen LogP contribution in [0.3, 0.4) is 0 Å². The Balaban J connectivity index is 0.00000363. The molecule has 3 rings (SSSR count). The lowest BCUT2D eigenvalue weighted by atomic mass is 9.89. The number of halogens is 1. The number of carbonyl (C=O) groups is 2. The summed E-state index contributed by atoms with van der Waals surface area (Å²) >= 11 is 5.99.